The highest BCUT2D eigenvalue weighted by molar-refractivity contribution is 7.91. The largest absolute Gasteiger partial charge is 0.308 e. The molecule has 7 heteroatoms. The van der Waals surface area contributed by atoms with Crippen LogP contribution >= 0.6 is 11.3 Å². The Morgan fingerprint density at radius 2 is 2.11 bits per heavy atom. The molecule has 2 fully saturated rings. The van der Waals surface area contributed by atoms with Gasteiger partial charge in [0.05, 0.1) is 17.2 Å². The monoisotopic (exact) mass is 301 g/mol. The highest BCUT2D eigenvalue weighted by atomic mass is 32.2. The number of aromatic nitrogens is 1. The molecule has 0 spiro atoms. The average molecular weight is 301 g/mol. The molecular formula is C12H19N3O2S2. The van der Waals surface area contributed by atoms with E-state index in [0.717, 1.165) is 23.8 Å². The maximum absolute atomic E-state index is 11.4. The minimum Gasteiger partial charge on any atom is -0.308 e. The molecule has 1 saturated heterocycles. The summed E-state index contributed by atoms with van der Waals surface area (Å²) in [4.78, 5) is 6.78. The van der Waals surface area contributed by atoms with Gasteiger partial charge in [-0.05, 0) is 12.8 Å². The number of nitrogens with zero attached hydrogens (tertiary/aromatic N) is 2. The summed E-state index contributed by atoms with van der Waals surface area (Å²) < 4.78 is 22.7. The standard InChI is InChI=1S/C12H19N3O2S2/c16-19(17)5-3-15(4-6-19)8-11-9-18-12(14-11)7-13-10-1-2-10/h9-10,13H,1-8H2. The van der Waals surface area contributed by atoms with Crippen LogP contribution in [0.5, 0.6) is 0 Å². The first-order valence-corrected chi connectivity index (χ1v) is 9.40. The maximum atomic E-state index is 11.4. The van der Waals surface area contributed by atoms with E-state index in [9.17, 15) is 8.42 Å². The van der Waals surface area contributed by atoms with Crippen molar-refractivity contribution in [1.29, 1.82) is 0 Å². The van der Waals surface area contributed by atoms with Crippen LogP contribution in [0.15, 0.2) is 5.38 Å². The quantitative estimate of drug-likeness (QED) is 0.864. The summed E-state index contributed by atoms with van der Waals surface area (Å²) in [5.74, 6) is 0.570. The highest BCUT2D eigenvalue weighted by Gasteiger charge is 2.23. The van der Waals surface area contributed by atoms with Gasteiger partial charge in [0, 0.05) is 37.6 Å². The summed E-state index contributed by atoms with van der Waals surface area (Å²) in [6, 6.07) is 0.708. The Labute approximate surface area is 117 Å². The van der Waals surface area contributed by atoms with Crippen molar-refractivity contribution in [2.24, 2.45) is 0 Å². The van der Waals surface area contributed by atoms with E-state index in [1.165, 1.54) is 12.8 Å². The molecule has 0 aromatic carbocycles. The lowest BCUT2D eigenvalue weighted by Crippen LogP contribution is -2.39. The van der Waals surface area contributed by atoms with Gasteiger partial charge in [-0.2, -0.15) is 0 Å². The van der Waals surface area contributed by atoms with Crippen LogP contribution in [0.2, 0.25) is 0 Å². The first-order valence-electron chi connectivity index (χ1n) is 6.70. The summed E-state index contributed by atoms with van der Waals surface area (Å²) >= 11 is 1.69. The van der Waals surface area contributed by atoms with Crippen LogP contribution in [0, 0.1) is 0 Å². The zero-order valence-corrected chi connectivity index (χ0v) is 12.5. The Morgan fingerprint density at radius 1 is 1.37 bits per heavy atom. The first kappa shape index (κ1) is 13.5. The topological polar surface area (TPSA) is 62.3 Å². The number of sulfone groups is 1. The van der Waals surface area contributed by atoms with Gasteiger partial charge in [-0.3, -0.25) is 4.90 Å². The van der Waals surface area contributed by atoms with E-state index in [1.807, 2.05) is 0 Å². The van der Waals surface area contributed by atoms with Gasteiger partial charge < -0.3 is 5.32 Å². The molecule has 19 heavy (non-hydrogen) atoms. The molecule has 0 atom stereocenters. The van der Waals surface area contributed by atoms with Gasteiger partial charge in [0.25, 0.3) is 0 Å². The molecule has 5 nitrogen and oxygen atoms in total. The Bertz CT molecular complexity index is 523. The molecule has 0 amide bonds. The fourth-order valence-electron chi connectivity index (χ4n) is 2.16. The molecule has 0 bridgehead atoms. The Kier molecular flexibility index (Phi) is 3.88. The molecule has 1 N–H and O–H groups in total. The number of thiazole rings is 1. The number of nitrogens with one attached hydrogen (secondary N) is 1. The maximum Gasteiger partial charge on any atom is 0.152 e. The molecule has 0 unspecified atom stereocenters. The fraction of sp³-hybridized carbons (Fsp3) is 0.750. The van der Waals surface area contributed by atoms with Gasteiger partial charge >= 0.3 is 0 Å². The molecule has 1 aliphatic carbocycles. The summed E-state index contributed by atoms with van der Waals surface area (Å²) in [5, 5.41) is 6.68. The van der Waals surface area contributed by atoms with Crippen molar-refractivity contribution in [2.45, 2.75) is 32.0 Å². The Hall–Kier alpha value is -0.500. The van der Waals surface area contributed by atoms with Crippen LogP contribution in [0.4, 0.5) is 0 Å². The van der Waals surface area contributed by atoms with Crippen LogP contribution in [0.3, 0.4) is 0 Å². The molecule has 1 aromatic rings. The van der Waals surface area contributed by atoms with Gasteiger partial charge in [0.15, 0.2) is 9.84 Å². The second kappa shape index (κ2) is 5.47. The second-order valence-electron chi connectivity index (χ2n) is 5.32. The smallest absolute Gasteiger partial charge is 0.152 e. The van der Waals surface area contributed by atoms with E-state index >= 15 is 0 Å². The predicted octanol–water partition coefficient (Wildman–Crippen LogP) is 0.625. The van der Waals surface area contributed by atoms with Gasteiger partial charge in [0.1, 0.15) is 5.01 Å². The molecule has 1 aliphatic heterocycles. The van der Waals surface area contributed by atoms with Crippen molar-refractivity contribution >= 4 is 21.2 Å². The minimum absolute atomic E-state index is 0.285. The lowest BCUT2D eigenvalue weighted by Gasteiger charge is -2.25. The number of hydrogen-bond donors (Lipinski definition) is 1. The highest BCUT2D eigenvalue weighted by Crippen LogP contribution is 2.20. The van der Waals surface area contributed by atoms with E-state index in [1.54, 1.807) is 11.3 Å². The van der Waals surface area contributed by atoms with E-state index in [-0.39, 0.29) is 11.5 Å². The van der Waals surface area contributed by atoms with Gasteiger partial charge in [0.2, 0.25) is 0 Å². The molecule has 106 valence electrons. The van der Waals surface area contributed by atoms with Crippen LogP contribution in [0.25, 0.3) is 0 Å². The van der Waals surface area contributed by atoms with Crippen LogP contribution in [0.1, 0.15) is 23.5 Å². The van der Waals surface area contributed by atoms with Crippen molar-refractivity contribution in [3.63, 3.8) is 0 Å². The van der Waals surface area contributed by atoms with Crippen molar-refractivity contribution in [1.82, 2.24) is 15.2 Å². The van der Waals surface area contributed by atoms with Crippen molar-refractivity contribution in [3.05, 3.63) is 16.1 Å². The van der Waals surface area contributed by atoms with Gasteiger partial charge in [-0.25, -0.2) is 13.4 Å². The van der Waals surface area contributed by atoms with Gasteiger partial charge in [-0.1, -0.05) is 0 Å². The number of rotatable bonds is 5. The average Bonchev–Trinajstić information content (AvgIpc) is 3.10. The van der Waals surface area contributed by atoms with E-state index in [2.05, 4.69) is 20.6 Å². The molecular weight excluding hydrogens is 282 g/mol. The third-order valence-corrected chi connectivity index (χ3v) is 6.05. The van der Waals surface area contributed by atoms with Gasteiger partial charge in [-0.15, -0.1) is 11.3 Å². The summed E-state index contributed by atoms with van der Waals surface area (Å²) in [6.45, 7) is 2.91. The first-order chi connectivity index (χ1) is 9.11. The Balaban J connectivity index is 1.49. The van der Waals surface area contributed by atoms with Crippen LogP contribution < -0.4 is 5.32 Å². The van der Waals surface area contributed by atoms with E-state index < -0.39 is 9.84 Å². The second-order valence-corrected chi connectivity index (χ2v) is 8.56. The molecule has 1 saturated carbocycles. The zero-order chi connectivity index (χ0) is 13.3. The SMILES string of the molecule is O=S1(=O)CCN(Cc2csc(CNC3CC3)n2)CC1. The molecule has 0 radical (unpaired) electrons. The van der Waals surface area contributed by atoms with Crippen molar-refractivity contribution in [2.75, 3.05) is 24.6 Å². The molecule has 2 heterocycles. The van der Waals surface area contributed by atoms with Crippen molar-refractivity contribution in [3.8, 4) is 0 Å². The number of hydrogen-bond acceptors (Lipinski definition) is 6. The Morgan fingerprint density at radius 3 is 2.79 bits per heavy atom. The van der Waals surface area contributed by atoms with Crippen LogP contribution in [-0.4, -0.2) is 48.9 Å². The third-order valence-electron chi connectivity index (χ3n) is 3.54. The summed E-state index contributed by atoms with van der Waals surface area (Å²) in [7, 11) is -2.78. The fourth-order valence-corrected chi connectivity index (χ4v) is 4.17. The lowest BCUT2D eigenvalue weighted by atomic mass is 10.4. The molecule has 1 aromatic heterocycles. The third kappa shape index (κ3) is 3.98. The van der Waals surface area contributed by atoms with E-state index in [0.29, 0.717) is 19.1 Å². The van der Waals surface area contributed by atoms with Crippen LogP contribution in [-0.2, 0) is 22.9 Å². The van der Waals surface area contributed by atoms with Crippen molar-refractivity contribution < 1.29 is 8.42 Å². The molecule has 3 rings (SSSR count). The minimum atomic E-state index is -2.78. The zero-order valence-electron chi connectivity index (χ0n) is 10.8. The molecule has 2 aliphatic rings. The lowest BCUT2D eigenvalue weighted by molar-refractivity contribution is 0.284. The predicted molar refractivity (Wildman–Crippen MR) is 75.9 cm³/mol. The summed E-state index contributed by atoms with van der Waals surface area (Å²) in [5.41, 5.74) is 1.07. The normalized spacial score (nSPS) is 23.6. The summed E-state index contributed by atoms with van der Waals surface area (Å²) in [6.07, 6.45) is 2.58. The van der Waals surface area contributed by atoms with E-state index in [4.69, 9.17) is 0 Å².